The van der Waals surface area contributed by atoms with Crippen LogP contribution in [0.4, 0.5) is 0 Å². The van der Waals surface area contributed by atoms with E-state index in [-0.39, 0.29) is 0 Å². The predicted molar refractivity (Wildman–Crippen MR) is 89.2 cm³/mol. The minimum absolute atomic E-state index is 0.413. The monoisotopic (exact) mass is 363 g/mol. The normalized spacial score (nSPS) is 20.1. The van der Waals surface area contributed by atoms with Crippen LogP contribution in [0.2, 0.25) is 4.34 Å². The van der Waals surface area contributed by atoms with Gasteiger partial charge in [-0.15, -0.1) is 11.3 Å². The van der Waals surface area contributed by atoms with Gasteiger partial charge in [0, 0.05) is 15.4 Å². The van der Waals surface area contributed by atoms with Crippen LogP contribution in [0.1, 0.15) is 56.9 Å². The average molecular weight is 365 g/mol. The summed E-state index contributed by atoms with van der Waals surface area (Å²) in [6.07, 6.45) is 6.70. The molecule has 1 atom stereocenters. The van der Waals surface area contributed by atoms with Crippen molar-refractivity contribution in [2.75, 3.05) is 7.05 Å². The maximum Gasteiger partial charge on any atom is 0.107 e. The molecule has 0 aliphatic heterocycles. The Balaban J connectivity index is 2.32. The Morgan fingerprint density at radius 1 is 1.42 bits per heavy atom. The van der Waals surface area contributed by atoms with E-state index in [0.29, 0.717) is 11.5 Å². The van der Waals surface area contributed by atoms with Gasteiger partial charge in [-0.2, -0.15) is 0 Å². The lowest BCUT2D eigenvalue weighted by atomic mass is 9.72. The molecule has 19 heavy (non-hydrogen) atoms. The molecule has 1 saturated carbocycles. The van der Waals surface area contributed by atoms with Gasteiger partial charge in [0.15, 0.2) is 0 Å². The summed E-state index contributed by atoms with van der Waals surface area (Å²) in [7, 11) is 2.09. The molecule has 1 nitrogen and oxygen atoms in total. The third-order valence-electron chi connectivity index (χ3n) is 4.26. The van der Waals surface area contributed by atoms with E-state index in [9.17, 15) is 0 Å². The van der Waals surface area contributed by atoms with E-state index < -0.39 is 0 Å². The molecule has 0 spiro atoms. The molecule has 0 saturated heterocycles. The first kappa shape index (κ1) is 15.8. The maximum atomic E-state index is 6.23. The van der Waals surface area contributed by atoms with Gasteiger partial charge in [-0.25, -0.2) is 0 Å². The SMILES string of the molecule is CNC(c1cc(Br)c(Cl)s1)C1(CC(C)C)CCCC1. The third-order valence-corrected chi connectivity index (χ3v) is 6.80. The van der Waals surface area contributed by atoms with Gasteiger partial charge in [0.25, 0.3) is 0 Å². The summed E-state index contributed by atoms with van der Waals surface area (Å²) in [6.45, 7) is 4.67. The minimum atomic E-state index is 0.413. The van der Waals surface area contributed by atoms with E-state index in [4.69, 9.17) is 11.6 Å². The number of rotatable bonds is 5. The Bertz CT molecular complexity index is 404. The van der Waals surface area contributed by atoms with E-state index in [0.717, 1.165) is 14.7 Å². The van der Waals surface area contributed by atoms with Gasteiger partial charge in [-0.1, -0.05) is 38.3 Å². The molecule has 0 radical (unpaired) electrons. The zero-order valence-corrected chi connectivity index (χ0v) is 15.1. The molecule has 1 aliphatic rings. The smallest absolute Gasteiger partial charge is 0.107 e. The van der Waals surface area contributed by atoms with E-state index in [1.807, 2.05) is 0 Å². The van der Waals surface area contributed by atoms with Crippen LogP contribution in [0.25, 0.3) is 0 Å². The van der Waals surface area contributed by atoms with E-state index in [1.165, 1.54) is 37.0 Å². The Morgan fingerprint density at radius 2 is 2.05 bits per heavy atom. The highest BCUT2D eigenvalue weighted by Crippen LogP contribution is 2.53. The summed E-state index contributed by atoms with van der Waals surface area (Å²) >= 11 is 11.5. The van der Waals surface area contributed by atoms with Crippen LogP contribution >= 0.6 is 38.9 Å². The lowest BCUT2D eigenvalue weighted by Crippen LogP contribution is -2.35. The lowest BCUT2D eigenvalue weighted by molar-refractivity contribution is 0.164. The number of nitrogens with one attached hydrogen (secondary N) is 1. The molecule has 1 aliphatic carbocycles. The Hall–Kier alpha value is 0.430. The van der Waals surface area contributed by atoms with Crippen molar-refractivity contribution in [2.45, 2.75) is 52.0 Å². The molecule has 1 aromatic rings. The summed E-state index contributed by atoms with van der Waals surface area (Å²) in [5.74, 6) is 0.743. The molecule has 1 aromatic heterocycles. The van der Waals surface area contributed by atoms with Gasteiger partial charge >= 0.3 is 0 Å². The van der Waals surface area contributed by atoms with Crippen molar-refractivity contribution in [2.24, 2.45) is 11.3 Å². The van der Waals surface area contributed by atoms with Crippen molar-refractivity contribution < 1.29 is 0 Å². The Kier molecular flexibility index (Phi) is 5.38. The zero-order valence-electron chi connectivity index (χ0n) is 11.9. The largest absolute Gasteiger partial charge is 0.312 e. The fourth-order valence-corrected chi connectivity index (χ4v) is 5.75. The highest BCUT2D eigenvalue weighted by Gasteiger charge is 2.42. The van der Waals surface area contributed by atoms with Gasteiger partial charge < -0.3 is 5.32 Å². The van der Waals surface area contributed by atoms with Gasteiger partial charge in [0.05, 0.1) is 0 Å². The summed E-state index contributed by atoms with van der Waals surface area (Å²) in [6, 6.07) is 2.64. The molecule has 0 amide bonds. The van der Waals surface area contributed by atoms with Crippen LogP contribution in [0.15, 0.2) is 10.5 Å². The maximum absolute atomic E-state index is 6.23. The van der Waals surface area contributed by atoms with Crippen LogP contribution in [0, 0.1) is 11.3 Å². The number of hydrogen-bond acceptors (Lipinski definition) is 2. The molecule has 0 bridgehead atoms. The standard InChI is InChI=1S/C15H23BrClNS/c1-10(2)9-15(6-4-5-7-15)13(18-3)12-8-11(16)14(17)19-12/h8,10,13,18H,4-7,9H2,1-3H3. The lowest BCUT2D eigenvalue weighted by Gasteiger charge is -2.38. The molecule has 1 fully saturated rings. The third kappa shape index (κ3) is 3.37. The van der Waals surface area contributed by atoms with Crippen LogP contribution in [-0.4, -0.2) is 7.05 Å². The molecule has 4 heteroatoms. The number of thiophene rings is 1. The first-order valence-electron chi connectivity index (χ1n) is 7.10. The van der Waals surface area contributed by atoms with Gasteiger partial charge in [-0.05, 0) is 59.6 Å². The molecule has 1 N–H and O–H groups in total. The first-order chi connectivity index (χ1) is 8.98. The Labute approximate surface area is 134 Å². The van der Waals surface area contributed by atoms with E-state index in [1.54, 1.807) is 11.3 Å². The van der Waals surface area contributed by atoms with E-state index in [2.05, 4.69) is 48.2 Å². The summed E-state index contributed by atoms with van der Waals surface area (Å²) in [5, 5.41) is 3.58. The second-order valence-electron chi connectivity index (χ2n) is 6.16. The molecular formula is C15H23BrClNS. The highest BCUT2D eigenvalue weighted by atomic mass is 79.9. The number of halogens is 2. The predicted octanol–water partition coefficient (Wildman–Crippen LogP) is 6.03. The van der Waals surface area contributed by atoms with Crippen molar-refractivity contribution >= 4 is 38.9 Å². The minimum Gasteiger partial charge on any atom is -0.312 e. The molecule has 108 valence electrons. The highest BCUT2D eigenvalue weighted by molar-refractivity contribution is 9.10. The molecule has 2 rings (SSSR count). The second-order valence-corrected chi connectivity index (χ2v) is 8.70. The van der Waals surface area contributed by atoms with Crippen LogP contribution < -0.4 is 5.32 Å². The molecule has 0 aromatic carbocycles. The van der Waals surface area contributed by atoms with Crippen molar-refractivity contribution in [3.8, 4) is 0 Å². The van der Waals surface area contributed by atoms with Crippen molar-refractivity contribution in [1.29, 1.82) is 0 Å². The van der Waals surface area contributed by atoms with Crippen molar-refractivity contribution in [3.63, 3.8) is 0 Å². The van der Waals surface area contributed by atoms with Gasteiger partial charge in [0.1, 0.15) is 4.34 Å². The zero-order chi connectivity index (χ0) is 14.0. The molecule has 1 unspecified atom stereocenters. The van der Waals surface area contributed by atoms with Gasteiger partial charge in [0.2, 0.25) is 0 Å². The first-order valence-corrected chi connectivity index (χ1v) is 9.09. The van der Waals surface area contributed by atoms with Crippen molar-refractivity contribution in [1.82, 2.24) is 5.32 Å². The quantitative estimate of drug-likeness (QED) is 0.672. The average Bonchev–Trinajstić information content (AvgIpc) is 2.89. The molecule has 1 heterocycles. The van der Waals surface area contributed by atoms with Crippen LogP contribution in [0.3, 0.4) is 0 Å². The van der Waals surface area contributed by atoms with Crippen LogP contribution in [-0.2, 0) is 0 Å². The fourth-order valence-electron chi connectivity index (χ4n) is 3.76. The summed E-state index contributed by atoms with van der Waals surface area (Å²) in [5.41, 5.74) is 0.413. The van der Waals surface area contributed by atoms with E-state index >= 15 is 0 Å². The fraction of sp³-hybridized carbons (Fsp3) is 0.733. The van der Waals surface area contributed by atoms with Crippen LogP contribution in [0.5, 0.6) is 0 Å². The number of hydrogen-bond donors (Lipinski definition) is 1. The second kappa shape index (κ2) is 6.46. The van der Waals surface area contributed by atoms with Gasteiger partial charge in [-0.3, -0.25) is 0 Å². The summed E-state index contributed by atoms with van der Waals surface area (Å²) in [4.78, 5) is 1.38. The Morgan fingerprint density at radius 3 is 2.47 bits per heavy atom. The van der Waals surface area contributed by atoms with Crippen molar-refractivity contribution in [3.05, 3.63) is 19.8 Å². The summed E-state index contributed by atoms with van der Waals surface area (Å²) < 4.78 is 1.90. The molecular weight excluding hydrogens is 342 g/mol. The topological polar surface area (TPSA) is 12.0 Å².